The van der Waals surface area contributed by atoms with Gasteiger partial charge in [-0.25, -0.2) is 4.39 Å². The minimum absolute atomic E-state index is 0.319. The summed E-state index contributed by atoms with van der Waals surface area (Å²) in [7, 11) is 0. The molecule has 13 heavy (non-hydrogen) atoms. The van der Waals surface area contributed by atoms with Gasteiger partial charge >= 0.3 is 0 Å². The molecule has 0 bridgehead atoms. The number of halogens is 2. The van der Waals surface area contributed by atoms with Gasteiger partial charge < -0.3 is 4.52 Å². The second kappa shape index (κ2) is 3.30. The Labute approximate surface area is 82.5 Å². The van der Waals surface area contributed by atoms with Crippen molar-refractivity contribution in [3.05, 3.63) is 40.8 Å². The van der Waals surface area contributed by atoms with Gasteiger partial charge in [0.05, 0.1) is 11.8 Å². The van der Waals surface area contributed by atoms with Gasteiger partial charge in [-0.1, -0.05) is 21.1 Å². The van der Waals surface area contributed by atoms with E-state index in [9.17, 15) is 4.39 Å². The van der Waals surface area contributed by atoms with Crippen molar-refractivity contribution in [2.45, 2.75) is 0 Å². The van der Waals surface area contributed by atoms with E-state index in [2.05, 4.69) is 21.1 Å². The molecule has 66 valence electrons. The van der Waals surface area contributed by atoms with Crippen LogP contribution in [0, 0.1) is 5.82 Å². The lowest BCUT2D eigenvalue weighted by Gasteiger charge is -1.98. The van der Waals surface area contributed by atoms with Gasteiger partial charge in [-0.15, -0.1) is 0 Å². The summed E-state index contributed by atoms with van der Waals surface area (Å²) in [5.74, 6) is 0.110. The summed E-state index contributed by atoms with van der Waals surface area (Å²) in [4.78, 5) is 0. The number of hydrogen-bond donors (Lipinski definition) is 0. The fourth-order valence-electron chi connectivity index (χ4n) is 1.04. The first-order valence-corrected chi connectivity index (χ1v) is 4.43. The van der Waals surface area contributed by atoms with Gasteiger partial charge in [-0.2, -0.15) is 0 Å². The van der Waals surface area contributed by atoms with Gasteiger partial charge in [0, 0.05) is 10.5 Å². The van der Waals surface area contributed by atoms with Crippen LogP contribution in [-0.2, 0) is 0 Å². The first-order chi connectivity index (χ1) is 6.27. The third-order valence-corrected chi connectivity index (χ3v) is 2.12. The normalized spacial score (nSPS) is 10.3. The molecule has 0 aliphatic carbocycles. The van der Waals surface area contributed by atoms with E-state index in [1.807, 2.05) is 0 Å². The molecule has 1 heterocycles. The van der Waals surface area contributed by atoms with Crippen molar-refractivity contribution >= 4 is 15.9 Å². The van der Waals surface area contributed by atoms with Gasteiger partial charge in [0.15, 0.2) is 5.76 Å². The van der Waals surface area contributed by atoms with E-state index in [0.29, 0.717) is 11.3 Å². The largest absolute Gasteiger partial charge is 0.356 e. The molecule has 0 saturated carbocycles. The molecule has 2 rings (SSSR count). The highest BCUT2D eigenvalue weighted by Gasteiger charge is 2.08. The molecular weight excluding hydrogens is 237 g/mol. The zero-order valence-electron chi connectivity index (χ0n) is 6.50. The molecule has 2 nitrogen and oxygen atoms in total. The van der Waals surface area contributed by atoms with Crippen molar-refractivity contribution < 1.29 is 8.91 Å². The Morgan fingerprint density at radius 3 is 2.85 bits per heavy atom. The Bertz CT molecular complexity index is 414. The van der Waals surface area contributed by atoms with Gasteiger partial charge in [-0.05, 0) is 18.2 Å². The Morgan fingerprint density at radius 1 is 1.31 bits per heavy atom. The SMILES string of the molecule is Fc1ccc(Br)cc1-c1ccno1. The summed E-state index contributed by atoms with van der Waals surface area (Å²) >= 11 is 3.25. The highest BCUT2D eigenvalue weighted by atomic mass is 79.9. The summed E-state index contributed by atoms with van der Waals surface area (Å²) in [6, 6.07) is 6.28. The second-order valence-electron chi connectivity index (χ2n) is 2.50. The lowest BCUT2D eigenvalue weighted by atomic mass is 10.2. The lowest BCUT2D eigenvalue weighted by Crippen LogP contribution is -1.81. The third kappa shape index (κ3) is 1.62. The molecule has 0 amide bonds. The number of nitrogens with zero attached hydrogens (tertiary/aromatic N) is 1. The number of rotatable bonds is 1. The predicted octanol–water partition coefficient (Wildman–Crippen LogP) is 3.24. The molecule has 0 radical (unpaired) electrons. The lowest BCUT2D eigenvalue weighted by molar-refractivity contribution is 0.430. The van der Waals surface area contributed by atoms with Crippen LogP contribution in [0.5, 0.6) is 0 Å². The molecule has 0 aliphatic rings. The van der Waals surface area contributed by atoms with Crippen LogP contribution in [0.1, 0.15) is 0 Å². The van der Waals surface area contributed by atoms with Crippen LogP contribution in [0.25, 0.3) is 11.3 Å². The zero-order chi connectivity index (χ0) is 9.26. The smallest absolute Gasteiger partial charge is 0.169 e. The fourth-order valence-corrected chi connectivity index (χ4v) is 1.40. The minimum Gasteiger partial charge on any atom is -0.356 e. The van der Waals surface area contributed by atoms with Gasteiger partial charge in [0.2, 0.25) is 0 Å². The molecule has 0 saturated heterocycles. The van der Waals surface area contributed by atoms with E-state index in [1.165, 1.54) is 12.3 Å². The summed E-state index contributed by atoms with van der Waals surface area (Å²) in [5, 5.41) is 3.51. The third-order valence-electron chi connectivity index (χ3n) is 1.63. The van der Waals surface area contributed by atoms with Gasteiger partial charge in [0.1, 0.15) is 5.82 Å². The maximum absolute atomic E-state index is 13.2. The topological polar surface area (TPSA) is 26.0 Å². The molecular formula is C9H5BrFNO. The number of hydrogen-bond acceptors (Lipinski definition) is 2. The summed E-state index contributed by atoms with van der Waals surface area (Å²) in [6.45, 7) is 0. The first kappa shape index (κ1) is 8.44. The van der Waals surface area contributed by atoms with Crippen LogP contribution in [0.3, 0.4) is 0 Å². The molecule has 0 aliphatic heterocycles. The summed E-state index contributed by atoms with van der Waals surface area (Å²) < 4.78 is 18.9. The van der Waals surface area contributed by atoms with Crippen molar-refractivity contribution in [3.63, 3.8) is 0 Å². The monoisotopic (exact) mass is 241 g/mol. The fraction of sp³-hybridized carbons (Fsp3) is 0. The van der Waals surface area contributed by atoms with Crippen molar-refractivity contribution in [1.29, 1.82) is 0 Å². The Morgan fingerprint density at radius 2 is 2.15 bits per heavy atom. The van der Waals surface area contributed by atoms with E-state index in [1.54, 1.807) is 18.2 Å². The highest BCUT2D eigenvalue weighted by molar-refractivity contribution is 9.10. The summed E-state index contributed by atoms with van der Waals surface area (Å²) in [5.41, 5.74) is 0.409. The summed E-state index contributed by atoms with van der Waals surface area (Å²) in [6.07, 6.45) is 1.48. The van der Waals surface area contributed by atoms with E-state index in [-0.39, 0.29) is 5.82 Å². The quantitative estimate of drug-likeness (QED) is 0.767. The molecule has 2 aromatic rings. The van der Waals surface area contributed by atoms with Gasteiger partial charge in [0.25, 0.3) is 0 Å². The van der Waals surface area contributed by atoms with Gasteiger partial charge in [-0.3, -0.25) is 0 Å². The molecule has 4 heteroatoms. The average molecular weight is 242 g/mol. The Hall–Kier alpha value is -1.16. The predicted molar refractivity (Wildman–Crippen MR) is 49.6 cm³/mol. The van der Waals surface area contributed by atoms with E-state index in [4.69, 9.17) is 4.52 Å². The average Bonchev–Trinajstić information content (AvgIpc) is 2.61. The maximum Gasteiger partial charge on any atom is 0.169 e. The maximum atomic E-state index is 13.2. The van der Waals surface area contributed by atoms with Crippen molar-refractivity contribution in [1.82, 2.24) is 5.16 Å². The van der Waals surface area contributed by atoms with Crippen LogP contribution in [-0.4, -0.2) is 5.16 Å². The van der Waals surface area contributed by atoms with E-state index in [0.717, 1.165) is 4.47 Å². The zero-order valence-corrected chi connectivity index (χ0v) is 8.08. The van der Waals surface area contributed by atoms with Crippen LogP contribution in [0.2, 0.25) is 0 Å². The van der Waals surface area contributed by atoms with Crippen molar-refractivity contribution in [2.75, 3.05) is 0 Å². The molecule has 1 aromatic heterocycles. The molecule has 0 N–H and O–H groups in total. The van der Waals surface area contributed by atoms with Crippen LogP contribution >= 0.6 is 15.9 Å². The van der Waals surface area contributed by atoms with Crippen LogP contribution in [0.4, 0.5) is 4.39 Å². The Balaban J connectivity index is 2.57. The molecule has 0 atom stereocenters. The number of aromatic nitrogens is 1. The minimum atomic E-state index is -0.319. The molecule has 0 unspecified atom stereocenters. The van der Waals surface area contributed by atoms with E-state index < -0.39 is 0 Å². The number of benzene rings is 1. The van der Waals surface area contributed by atoms with Crippen molar-refractivity contribution in [3.8, 4) is 11.3 Å². The molecule has 0 spiro atoms. The van der Waals surface area contributed by atoms with Crippen molar-refractivity contribution in [2.24, 2.45) is 0 Å². The highest BCUT2D eigenvalue weighted by Crippen LogP contribution is 2.25. The standard InChI is InChI=1S/C9H5BrFNO/c10-6-1-2-8(11)7(5-6)9-3-4-12-13-9/h1-5H. The Kier molecular flexibility index (Phi) is 2.14. The van der Waals surface area contributed by atoms with Crippen LogP contribution in [0.15, 0.2) is 39.5 Å². The first-order valence-electron chi connectivity index (χ1n) is 3.63. The molecule has 0 fully saturated rings. The van der Waals surface area contributed by atoms with E-state index >= 15 is 0 Å². The second-order valence-corrected chi connectivity index (χ2v) is 3.42. The molecule has 1 aromatic carbocycles. The van der Waals surface area contributed by atoms with Crippen LogP contribution < -0.4 is 0 Å².